The predicted molar refractivity (Wildman–Crippen MR) is 122 cm³/mol. The molecule has 1 aromatic rings. The molecule has 1 aromatic carbocycles. The Morgan fingerprint density at radius 3 is 2.52 bits per heavy atom. The van der Waals surface area contributed by atoms with Gasteiger partial charge in [-0.2, -0.15) is 0 Å². The van der Waals surface area contributed by atoms with Gasteiger partial charge in [-0.05, 0) is 57.5 Å². The quantitative estimate of drug-likeness (QED) is 0.334. The number of hydrogen-bond donors (Lipinski definition) is 2. The van der Waals surface area contributed by atoms with Crippen molar-refractivity contribution < 1.29 is 9.47 Å². The van der Waals surface area contributed by atoms with Gasteiger partial charge in [0.2, 0.25) is 0 Å². The molecule has 1 atom stereocenters. The summed E-state index contributed by atoms with van der Waals surface area (Å²) < 4.78 is 10.9. The zero-order valence-corrected chi connectivity index (χ0v) is 19.6. The van der Waals surface area contributed by atoms with Gasteiger partial charge in [0.1, 0.15) is 5.75 Å². The van der Waals surface area contributed by atoms with Crippen LogP contribution in [-0.2, 0) is 4.74 Å². The number of methoxy groups -OCH3 is 2. The second-order valence-corrected chi connectivity index (χ2v) is 7.31. The molecule has 1 heterocycles. The van der Waals surface area contributed by atoms with Crippen molar-refractivity contribution in [1.82, 2.24) is 15.5 Å². The molecular weight excluding hydrogens is 455 g/mol. The van der Waals surface area contributed by atoms with Gasteiger partial charge in [-0.15, -0.1) is 24.0 Å². The van der Waals surface area contributed by atoms with E-state index in [0.29, 0.717) is 12.6 Å². The van der Waals surface area contributed by atoms with Gasteiger partial charge in [-0.1, -0.05) is 12.1 Å². The maximum atomic E-state index is 5.47. The summed E-state index contributed by atoms with van der Waals surface area (Å²) in [4.78, 5) is 6.88. The van der Waals surface area contributed by atoms with E-state index in [1.165, 1.54) is 18.4 Å². The summed E-state index contributed by atoms with van der Waals surface area (Å²) in [6.07, 6.45) is 2.52. The van der Waals surface area contributed by atoms with Crippen LogP contribution in [-0.4, -0.2) is 63.9 Å². The van der Waals surface area contributed by atoms with Crippen molar-refractivity contribution in [3.05, 3.63) is 29.8 Å². The molecule has 0 aromatic heterocycles. The Labute approximate surface area is 181 Å². The van der Waals surface area contributed by atoms with Crippen molar-refractivity contribution in [2.75, 3.05) is 47.4 Å². The summed E-state index contributed by atoms with van der Waals surface area (Å²) in [5, 5.41) is 6.83. The van der Waals surface area contributed by atoms with Crippen LogP contribution in [0.25, 0.3) is 0 Å². The molecule has 0 aliphatic carbocycles. The smallest absolute Gasteiger partial charge is 0.191 e. The molecule has 2 rings (SSSR count). The van der Waals surface area contributed by atoms with Gasteiger partial charge in [0.05, 0.1) is 18.8 Å². The largest absolute Gasteiger partial charge is 0.497 e. The molecule has 0 saturated carbocycles. The van der Waals surface area contributed by atoms with E-state index < -0.39 is 0 Å². The first-order valence-corrected chi connectivity index (χ1v) is 9.37. The highest BCUT2D eigenvalue weighted by Gasteiger charge is 2.24. The predicted octanol–water partition coefficient (Wildman–Crippen LogP) is 3.04. The number of nitrogens with zero attached hydrogens (tertiary/aromatic N) is 2. The van der Waals surface area contributed by atoms with Gasteiger partial charge < -0.3 is 20.1 Å². The van der Waals surface area contributed by atoms with E-state index in [-0.39, 0.29) is 29.6 Å². The Kier molecular flexibility index (Phi) is 10.4. The zero-order valence-electron chi connectivity index (χ0n) is 17.2. The molecule has 0 bridgehead atoms. The maximum absolute atomic E-state index is 5.47. The molecule has 1 unspecified atom stereocenters. The van der Waals surface area contributed by atoms with Crippen molar-refractivity contribution in [1.29, 1.82) is 0 Å². The average molecular weight is 490 g/mol. The summed E-state index contributed by atoms with van der Waals surface area (Å²) in [7, 11) is 5.24. The molecule has 0 spiro atoms. The van der Waals surface area contributed by atoms with E-state index in [1.807, 2.05) is 6.07 Å². The number of likely N-dealkylation sites (tertiary alicyclic amines) is 1. The molecule has 1 aliphatic rings. The number of aliphatic imine (C=N–C) groups is 1. The highest BCUT2D eigenvalue weighted by Crippen LogP contribution is 2.27. The fraction of sp³-hybridized carbons (Fsp3) is 0.650. The van der Waals surface area contributed by atoms with E-state index in [4.69, 9.17) is 9.47 Å². The highest BCUT2D eigenvalue weighted by atomic mass is 127. The highest BCUT2D eigenvalue weighted by molar-refractivity contribution is 14.0. The molecule has 0 radical (unpaired) electrons. The van der Waals surface area contributed by atoms with Gasteiger partial charge >= 0.3 is 0 Å². The minimum absolute atomic E-state index is 0. The van der Waals surface area contributed by atoms with E-state index in [2.05, 4.69) is 52.6 Å². The number of hydrogen-bond acceptors (Lipinski definition) is 4. The summed E-state index contributed by atoms with van der Waals surface area (Å²) in [6, 6.07) is 8.66. The Balaban J connectivity index is 0.00000364. The first kappa shape index (κ1) is 24.0. The SMILES string of the molecule is CN=C(NCC(c1cccc(OC)c1)N1CCCC1)NCC(C)(C)OC.I. The van der Waals surface area contributed by atoms with Crippen LogP contribution in [0.5, 0.6) is 5.75 Å². The second kappa shape index (κ2) is 11.7. The normalized spacial score (nSPS) is 16.6. The molecule has 2 N–H and O–H groups in total. The summed E-state index contributed by atoms with van der Waals surface area (Å²) in [5.41, 5.74) is 1.03. The third-order valence-electron chi connectivity index (χ3n) is 4.98. The topological polar surface area (TPSA) is 58.1 Å². The van der Waals surface area contributed by atoms with Gasteiger partial charge in [-0.3, -0.25) is 9.89 Å². The zero-order chi connectivity index (χ0) is 19.0. The summed E-state index contributed by atoms with van der Waals surface area (Å²) in [5.74, 6) is 1.69. The van der Waals surface area contributed by atoms with Crippen molar-refractivity contribution in [3.63, 3.8) is 0 Å². The lowest BCUT2D eigenvalue weighted by molar-refractivity contribution is 0.0268. The van der Waals surface area contributed by atoms with E-state index in [9.17, 15) is 0 Å². The van der Waals surface area contributed by atoms with E-state index in [0.717, 1.165) is 31.3 Å². The summed E-state index contributed by atoms with van der Waals surface area (Å²) in [6.45, 7) is 7.85. The molecule has 27 heavy (non-hydrogen) atoms. The Morgan fingerprint density at radius 1 is 1.22 bits per heavy atom. The summed E-state index contributed by atoms with van der Waals surface area (Å²) >= 11 is 0. The van der Waals surface area contributed by atoms with Gasteiger partial charge in [0, 0.05) is 27.2 Å². The van der Waals surface area contributed by atoms with E-state index >= 15 is 0 Å². The van der Waals surface area contributed by atoms with Crippen LogP contribution in [0, 0.1) is 0 Å². The molecule has 154 valence electrons. The van der Waals surface area contributed by atoms with Crippen LogP contribution in [0.15, 0.2) is 29.3 Å². The number of nitrogens with one attached hydrogen (secondary N) is 2. The van der Waals surface area contributed by atoms with Crippen molar-refractivity contribution in [3.8, 4) is 5.75 Å². The van der Waals surface area contributed by atoms with Crippen molar-refractivity contribution in [2.45, 2.75) is 38.3 Å². The minimum atomic E-state index is -0.237. The van der Waals surface area contributed by atoms with E-state index in [1.54, 1.807) is 21.3 Å². The second-order valence-electron chi connectivity index (χ2n) is 7.31. The first-order valence-electron chi connectivity index (χ1n) is 9.37. The third kappa shape index (κ3) is 7.46. The van der Waals surface area contributed by atoms with Crippen LogP contribution in [0.3, 0.4) is 0 Å². The molecular formula is C20H35IN4O2. The number of benzene rings is 1. The average Bonchev–Trinajstić information content (AvgIpc) is 3.19. The third-order valence-corrected chi connectivity index (χ3v) is 4.98. The molecule has 1 fully saturated rings. The fourth-order valence-electron chi connectivity index (χ4n) is 3.14. The molecule has 0 amide bonds. The molecule has 6 nitrogen and oxygen atoms in total. The van der Waals surface area contributed by atoms with Crippen molar-refractivity contribution in [2.24, 2.45) is 4.99 Å². The van der Waals surface area contributed by atoms with Crippen molar-refractivity contribution >= 4 is 29.9 Å². The fourth-order valence-corrected chi connectivity index (χ4v) is 3.14. The first-order chi connectivity index (χ1) is 12.5. The molecule has 1 aliphatic heterocycles. The number of halogens is 1. The minimum Gasteiger partial charge on any atom is -0.497 e. The van der Waals surface area contributed by atoms with Crippen LogP contribution in [0.4, 0.5) is 0 Å². The number of ether oxygens (including phenoxy) is 2. The Hall–Kier alpha value is -1.06. The maximum Gasteiger partial charge on any atom is 0.191 e. The number of guanidine groups is 1. The monoisotopic (exact) mass is 490 g/mol. The Bertz CT molecular complexity index is 589. The van der Waals surface area contributed by atoms with Crippen LogP contribution < -0.4 is 15.4 Å². The lowest BCUT2D eigenvalue weighted by Gasteiger charge is -2.30. The standard InChI is InChI=1S/C20H34N4O2.HI/c1-20(2,26-5)15-23-19(21-3)22-14-18(24-11-6-7-12-24)16-9-8-10-17(13-16)25-4;/h8-10,13,18H,6-7,11-12,14-15H2,1-5H3,(H2,21,22,23);1H. The van der Waals surface area contributed by atoms with Crippen LogP contribution >= 0.6 is 24.0 Å². The Morgan fingerprint density at radius 2 is 1.93 bits per heavy atom. The van der Waals surface area contributed by atoms with Gasteiger partial charge in [0.15, 0.2) is 5.96 Å². The lowest BCUT2D eigenvalue weighted by Crippen LogP contribution is -2.47. The number of rotatable bonds is 8. The van der Waals surface area contributed by atoms with Gasteiger partial charge in [0.25, 0.3) is 0 Å². The lowest BCUT2D eigenvalue weighted by atomic mass is 10.1. The molecule has 7 heteroatoms. The van der Waals surface area contributed by atoms with Crippen LogP contribution in [0.1, 0.15) is 38.3 Å². The van der Waals surface area contributed by atoms with Gasteiger partial charge in [-0.25, -0.2) is 0 Å². The van der Waals surface area contributed by atoms with Crippen LogP contribution in [0.2, 0.25) is 0 Å². The molecule has 1 saturated heterocycles.